The fourth-order valence-corrected chi connectivity index (χ4v) is 3.79. The zero-order valence-corrected chi connectivity index (χ0v) is 17.3. The van der Waals surface area contributed by atoms with Crippen molar-refractivity contribution in [1.29, 1.82) is 0 Å². The van der Waals surface area contributed by atoms with Crippen LogP contribution in [-0.2, 0) is 0 Å². The average molecular weight is 327 g/mol. The van der Waals surface area contributed by atoms with Gasteiger partial charge in [0.15, 0.2) is 0 Å². The van der Waals surface area contributed by atoms with E-state index < -0.39 is 0 Å². The SMILES string of the molecule is CCCCCCCC[N+](C)(CCCCCCCC)C(C)CCC. The molecular formula is C22H48N+. The number of quaternary nitrogens is 1. The van der Waals surface area contributed by atoms with Gasteiger partial charge in [0.05, 0.1) is 26.2 Å². The van der Waals surface area contributed by atoms with Crippen molar-refractivity contribution < 1.29 is 4.48 Å². The highest BCUT2D eigenvalue weighted by Gasteiger charge is 2.27. The van der Waals surface area contributed by atoms with Gasteiger partial charge < -0.3 is 4.48 Å². The van der Waals surface area contributed by atoms with Crippen LogP contribution in [0.25, 0.3) is 0 Å². The summed E-state index contributed by atoms with van der Waals surface area (Å²) in [5.74, 6) is 0. The van der Waals surface area contributed by atoms with Crippen molar-refractivity contribution >= 4 is 0 Å². The predicted octanol–water partition coefficient (Wildman–Crippen LogP) is 7.34. The maximum atomic E-state index is 2.54. The lowest BCUT2D eigenvalue weighted by molar-refractivity contribution is -0.932. The van der Waals surface area contributed by atoms with Crippen molar-refractivity contribution in [2.75, 3.05) is 20.1 Å². The van der Waals surface area contributed by atoms with Crippen molar-refractivity contribution in [3.8, 4) is 0 Å². The van der Waals surface area contributed by atoms with Gasteiger partial charge in [0.1, 0.15) is 0 Å². The van der Waals surface area contributed by atoms with Gasteiger partial charge in [-0.25, -0.2) is 0 Å². The lowest BCUT2D eigenvalue weighted by Gasteiger charge is -2.40. The third-order valence-electron chi connectivity index (χ3n) is 5.82. The Kier molecular flexibility index (Phi) is 15.5. The van der Waals surface area contributed by atoms with Gasteiger partial charge in [-0.1, -0.05) is 78.6 Å². The number of hydrogen-bond acceptors (Lipinski definition) is 0. The smallest absolute Gasteiger partial charge is 0.0859 e. The molecule has 0 radical (unpaired) electrons. The topological polar surface area (TPSA) is 0 Å². The summed E-state index contributed by atoms with van der Waals surface area (Å²) in [6.45, 7) is 12.3. The molecule has 1 unspecified atom stereocenters. The molecule has 0 rings (SSSR count). The molecule has 0 saturated carbocycles. The van der Waals surface area contributed by atoms with Gasteiger partial charge in [-0.3, -0.25) is 0 Å². The summed E-state index contributed by atoms with van der Waals surface area (Å²) in [4.78, 5) is 0. The summed E-state index contributed by atoms with van der Waals surface area (Å²) >= 11 is 0. The van der Waals surface area contributed by atoms with Crippen molar-refractivity contribution in [3.05, 3.63) is 0 Å². The van der Waals surface area contributed by atoms with E-state index in [4.69, 9.17) is 0 Å². The molecule has 1 atom stereocenters. The molecule has 0 saturated heterocycles. The van der Waals surface area contributed by atoms with Crippen LogP contribution < -0.4 is 0 Å². The zero-order chi connectivity index (χ0) is 17.4. The predicted molar refractivity (Wildman–Crippen MR) is 107 cm³/mol. The number of unbranched alkanes of at least 4 members (excludes halogenated alkanes) is 10. The second-order valence-electron chi connectivity index (χ2n) is 8.10. The van der Waals surface area contributed by atoms with Crippen LogP contribution in [-0.4, -0.2) is 30.7 Å². The van der Waals surface area contributed by atoms with Gasteiger partial charge in [-0.15, -0.1) is 0 Å². The molecular weight excluding hydrogens is 278 g/mol. The van der Waals surface area contributed by atoms with Crippen LogP contribution in [0, 0.1) is 0 Å². The maximum absolute atomic E-state index is 2.54. The third-order valence-corrected chi connectivity index (χ3v) is 5.82. The van der Waals surface area contributed by atoms with E-state index >= 15 is 0 Å². The molecule has 0 amide bonds. The molecule has 0 heterocycles. The van der Waals surface area contributed by atoms with Crippen molar-refractivity contribution in [1.82, 2.24) is 0 Å². The molecule has 140 valence electrons. The lowest BCUT2D eigenvalue weighted by Crippen LogP contribution is -2.52. The minimum absolute atomic E-state index is 0.839. The van der Waals surface area contributed by atoms with E-state index in [1.165, 1.54) is 107 Å². The molecule has 0 fully saturated rings. The molecule has 1 nitrogen and oxygen atoms in total. The average Bonchev–Trinajstić information content (AvgIpc) is 2.54. The highest BCUT2D eigenvalue weighted by Crippen LogP contribution is 2.20. The molecule has 0 spiro atoms. The van der Waals surface area contributed by atoms with E-state index in [0.717, 1.165) is 6.04 Å². The lowest BCUT2D eigenvalue weighted by atomic mass is 10.0. The minimum Gasteiger partial charge on any atom is -0.324 e. The molecule has 1 heteroatoms. The first-order valence-corrected chi connectivity index (χ1v) is 10.9. The number of rotatable bonds is 17. The molecule has 0 aliphatic rings. The molecule has 0 bridgehead atoms. The summed E-state index contributed by atoms with van der Waals surface area (Å²) in [5.41, 5.74) is 0. The Balaban J connectivity index is 4.08. The van der Waals surface area contributed by atoms with Gasteiger partial charge in [0.2, 0.25) is 0 Å². The second-order valence-corrected chi connectivity index (χ2v) is 8.10. The van der Waals surface area contributed by atoms with Crippen LogP contribution in [0.15, 0.2) is 0 Å². The summed E-state index contributed by atoms with van der Waals surface area (Å²) in [6, 6.07) is 0.839. The molecule has 0 N–H and O–H groups in total. The molecule has 0 aromatic heterocycles. The van der Waals surface area contributed by atoms with Crippen LogP contribution in [0.3, 0.4) is 0 Å². The van der Waals surface area contributed by atoms with Crippen molar-refractivity contribution in [2.24, 2.45) is 0 Å². The van der Waals surface area contributed by atoms with E-state index in [-0.39, 0.29) is 0 Å². The first-order chi connectivity index (χ1) is 11.1. The van der Waals surface area contributed by atoms with Gasteiger partial charge in [-0.05, 0) is 39.0 Å². The number of hydrogen-bond donors (Lipinski definition) is 0. The Morgan fingerprint density at radius 3 is 1.35 bits per heavy atom. The van der Waals surface area contributed by atoms with Gasteiger partial charge in [0, 0.05) is 0 Å². The monoisotopic (exact) mass is 326 g/mol. The summed E-state index contributed by atoms with van der Waals surface area (Å²) in [5, 5.41) is 0. The van der Waals surface area contributed by atoms with Crippen LogP contribution in [0.4, 0.5) is 0 Å². The molecule has 23 heavy (non-hydrogen) atoms. The summed E-state index contributed by atoms with van der Waals surface area (Å²) in [6.07, 6.45) is 19.9. The van der Waals surface area contributed by atoms with E-state index in [0.29, 0.717) is 0 Å². The fourth-order valence-electron chi connectivity index (χ4n) is 3.79. The number of nitrogens with zero attached hydrogens (tertiary/aromatic N) is 1. The van der Waals surface area contributed by atoms with E-state index in [1.54, 1.807) is 0 Å². The van der Waals surface area contributed by atoms with Crippen molar-refractivity contribution in [3.63, 3.8) is 0 Å². The maximum Gasteiger partial charge on any atom is 0.0859 e. The van der Waals surface area contributed by atoms with E-state index in [9.17, 15) is 0 Å². The Bertz CT molecular complexity index is 220. The minimum atomic E-state index is 0.839. The van der Waals surface area contributed by atoms with Crippen LogP contribution in [0.2, 0.25) is 0 Å². The Morgan fingerprint density at radius 2 is 0.957 bits per heavy atom. The standard InChI is InChI=1S/C22H48N/c1-6-9-11-13-15-17-20-23(5,22(4)19-8-3)21-18-16-14-12-10-7-2/h22H,6-21H2,1-5H3/q+1. The Hall–Kier alpha value is -0.0400. The summed E-state index contributed by atoms with van der Waals surface area (Å²) in [7, 11) is 2.54. The normalized spacial score (nSPS) is 13.4. The van der Waals surface area contributed by atoms with Crippen molar-refractivity contribution in [2.45, 2.75) is 124 Å². The van der Waals surface area contributed by atoms with E-state index in [1.807, 2.05) is 0 Å². The molecule has 0 aliphatic heterocycles. The van der Waals surface area contributed by atoms with Gasteiger partial charge in [-0.2, -0.15) is 0 Å². The van der Waals surface area contributed by atoms with Crippen LogP contribution in [0.5, 0.6) is 0 Å². The summed E-state index contributed by atoms with van der Waals surface area (Å²) < 4.78 is 1.33. The first-order valence-electron chi connectivity index (χ1n) is 10.9. The quantitative estimate of drug-likeness (QED) is 0.194. The molecule has 0 aromatic rings. The Labute approximate surface area is 148 Å². The zero-order valence-electron chi connectivity index (χ0n) is 17.3. The van der Waals surface area contributed by atoms with Gasteiger partial charge >= 0.3 is 0 Å². The second kappa shape index (κ2) is 15.5. The van der Waals surface area contributed by atoms with Gasteiger partial charge in [0.25, 0.3) is 0 Å². The fraction of sp³-hybridized carbons (Fsp3) is 1.00. The first kappa shape index (κ1) is 23.0. The molecule has 0 aromatic carbocycles. The Morgan fingerprint density at radius 1 is 0.565 bits per heavy atom. The largest absolute Gasteiger partial charge is 0.324 e. The highest BCUT2D eigenvalue weighted by molar-refractivity contribution is 4.55. The van der Waals surface area contributed by atoms with Crippen LogP contribution in [0.1, 0.15) is 118 Å². The van der Waals surface area contributed by atoms with Crippen LogP contribution >= 0.6 is 0 Å². The third kappa shape index (κ3) is 12.0. The molecule has 0 aliphatic carbocycles. The van der Waals surface area contributed by atoms with E-state index in [2.05, 4.69) is 34.7 Å². The highest BCUT2D eigenvalue weighted by atomic mass is 15.3.